The number of nitrogens with zero attached hydrogens (tertiary/aromatic N) is 3. The smallest absolute Gasteiger partial charge is 0.0922 e. The Kier molecular flexibility index (Phi) is 3.02. The number of anilines is 1. The predicted octanol–water partition coefficient (Wildman–Crippen LogP) is 1.63. The maximum atomic E-state index is 4.23. The van der Waals surface area contributed by atoms with Crippen molar-refractivity contribution in [2.75, 3.05) is 5.32 Å². The number of aromatic nitrogens is 4. The lowest BCUT2D eigenvalue weighted by Crippen LogP contribution is -1.99. The SMILES string of the molecule is CCCn1cc(NCc2cnc[nH]2)cn1. The molecule has 0 aliphatic heterocycles. The van der Waals surface area contributed by atoms with Gasteiger partial charge in [0.05, 0.1) is 30.5 Å². The Morgan fingerprint density at radius 2 is 2.40 bits per heavy atom. The number of rotatable bonds is 5. The van der Waals surface area contributed by atoms with Crippen LogP contribution in [0.5, 0.6) is 0 Å². The topological polar surface area (TPSA) is 58.5 Å². The fourth-order valence-electron chi connectivity index (χ4n) is 1.38. The molecule has 0 atom stereocenters. The monoisotopic (exact) mass is 205 g/mol. The van der Waals surface area contributed by atoms with Crippen LogP contribution in [-0.2, 0) is 13.1 Å². The average Bonchev–Trinajstić information content (AvgIpc) is 2.85. The second kappa shape index (κ2) is 4.63. The first-order valence-corrected chi connectivity index (χ1v) is 5.12. The van der Waals surface area contributed by atoms with Crippen molar-refractivity contribution < 1.29 is 0 Å². The van der Waals surface area contributed by atoms with E-state index in [0.717, 1.165) is 30.9 Å². The van der Waals surface area contributed by atoms with Crippen molar-refractivity contribution in [2.24, 2.45) is 0 Å². The number of imidazole rings is 1. The second-order valence-electron chi connectivity index (χ2n) is 3.42. The lowest BCUT2D eigenvalue weighted by molar-refractivity contribution is 0.603. The van der Waals surface area contributed by atoms with Gasteiger partial charge in [0.1, 0.15) is 0 Å². The minimum absolute atomic E-state index is 0.748. The van der Waals surface area contributed by atoms with Gasteiger partial charge in [-0.05, 0) is 6.42 Å². The normalized spacial score (nSPS) is 10.5. The van der Waals surface area contributed by atoms with Crippen LogP contribution in [0.1, 0.15) is 19.0 Å². The van der Waals surface area contributed by atoms with Crippen molar-refractivity contribution >= 4 is 5.69 Å². The first kappa shape index (κ1) is 9.76. The molecular formula is C10H15N5. The van der Waals surface area contributed by atoms with E-state index in [1.807, 2.05) is 23.3 Å². The van der Waals surface area contributed by atoms with Crippen LogP contribution < -0.4 is 5.32 Å². The van der Waals surface area contributed by atoms with E-state index in [9.17, 15) is 0 Å². The Morgan fingerprint density at radius 1 is 1.47 bits per heavy atom. The summed E-state index contributed by atoms with van der Waals surface area (Å²) in [6.45, 7) is 3.85. The van der Waals surface area contributed by atoms with Gasteiger partial charge in [0.15, 0.2) is 0 Å². The van der Waals surface area contributed by atoms with E-state index in [2.05, 4.69) is 27.3 Å². The van der Waals surface area contributed by atoms with Gasteiger partial charge in [-0.25, -0.2) is 4.98 Å². The zero-order valence-electron chi connectivity index (χ0n) is 8.77. The molecule has 2 aromatic rings. The maximum absolute atomic E-state index is 4.23. The third kappa shape index (κ3) is 2.59. The van der Waals surface area contributed by atoms with E-state index in [4.69, 9.17) is 0 Å². The van der Waals surface area contributed by atoms with Crippen LogP contribution in [0, 0.1) is 0 Å². The zero-order chi connectivity index (χ0) is 10.5. The summed E-state index contributed by atoms with van der Waals surface area (Å²) in [5, 5.41) is 7.51. The van der Waals surface area contributed by atoms with Crippen molar-refractivity contribution in [2.45, 2.75) is 26.4 Å². The molecule has 0 unspecified atom stereocenters. The van der Waals surface area contributed by atoms with Gasteiger partial charge in [-0.15, -0.1) is 0 Å². The van der Waals surface area contributed by atoms with Crippen molar-refractivity contribution in [1.82, 2.24) is 19.7 Å². The van der Waals surface area contributed by atoms with Crippen LogP contribution >= 0.6 is 0 Å². The van der Waals surface area contributed by atoms with Crippen molar-refractivity contribution in [3.8, 4) is 0 Å². The lowest BCUT2D eigenvalue weighted by Gasteiger charge is -2.00. The molecule has 0 aliphatic carbocycles. The Hall–Kier alpha value is -1.78. The number of H-pyrrole nitrogens is 1. The summed E-state index contributed by atoms with van der Waals surface area (Å²) in [6, 6.07) is 0. The molecule has 15 heavy (non-hydrogen) atoms. The first-order valence-electron chi connectivity index (χ1n) is 5.12. The fourth-order valence-corrected chi connectivity index (χ4v) is 1.38. The van der Waals surface area contributed by atoms with Gasteiger partial charge in [0, 0.05) is 18.9 Å². The highest BCUT2D eigenvalue weighted by Gasteiger charge is 1.98. The quantitative estimate of drug-likeness (QED) is 0.780. The molecule has 0 aromatic carbocycles. The van der Waals surface area contributed by atoms with E-state index in [-0.39, 0.29) is 0 Å². The summed E-state index contributed by atoms with van der Waals surface area (Å²) >= 11 is 0. The van der Waals surface area contributed by atoms with Gasteiger partial charge in [-0.2, -0.15) is 5.10 Å². The Bertz CT molecular complexity index is 390. The molecule has 2 heterocycles. The van der Waals surface area contributed by atoms with Crippen molar-refractivity contribution in [3.63, 3.8) is 0 Å². The molecule has 0 spiro atoms. The number of hydrogen-bond acceptors (Lipinski definition) is 3. The van der Waals surface area contributed by atoms with Crippen LogP contribution in [0.15, 0.2) is 24.9 Å². The first-order chi connectivity index (χ1) is 7.38. The van der Waals surface area contributed by atoms with Gasteiger partial charge in [0.2, 0.25) is 0 Å². The number of hydrogen-bond donors (Lipinski definition) is 2. The van der Waals surface area contributed by atoms with E-state index in [1.54, 1.807) is 6.33 Å². The lowest BCUT2D eigenvalue weighted by atomic mass is 10.4. The summed E-state index contributed by atoms with van der Waals surface area (Å²) in [5.41, 5.74) is 2.11. The molecule has 0 saturated carbocycles. The minimum atomic E-state index is 0.748. The minimum Gasteiger partial charge on any atom is -0.377 e. The highest BCUT2D eigenvalue weighted by atomic mass is 15.3. The van der Waals surface area contributed by atoms with Crippen LogP contribution in [0.25, 0.3) is 0 Å². The van der Waals surface area contributed by atoms with Crippen molar-refractivity contribution in [3.05, 3.63) is 30.6 Å². The van der Waals surface area contributed by atoms with Gasteiger partial charge in [-0.1, -0.05) is 6.92 Å². The van der Waals surface area contributed by atoms with Gasteiger partial charge < -0.3 is 10.3 Å². The maximum Gasteiger partial charge on any atom is 0.0922 e. The van der Waals surface area contributed by atoms with Gasteiger partial charge >= 0.3 is 0 Å². The van der Waals surface area contributed by atoms with Crippen LogP contribution in [0.4, 0.5) is 5.69 Å². The molecule has 5 nitrogen and oxygen atoms in total. The molecule has 0 bridgehead atoms. The van der Waals surface area contributed by atoms with E-state index in [0.29, 0.717) is 0 Å². The molecule has 80 valence electrons. The summed E-state index contributed by atoms with van der Waals surface area (Å²) < 4.78 is 1.94. The van der Waals surface area contributed by atoms with Gasteiger partial charge in [-0.3, -0.25) is 4.68 Å². The number of aryl methyl sites for hydroxylation is 1. The number of nitrogens with one attached hydrogen (secondary N) is 2. The summed E-state index contributed by atoms with van der Waals surface area (Å²) in [5.74, 6) is 0. The average molecular weight is 205 g/mol. The van der Waals surface area contributed by atoms with Crippen LogP contribution in [-0.4, -0.2) is 19.7 Å². The predicted molar refractivity (Wildman–Crippen MR) is 58.4 cm³/mol. The molecule has 0 aliphatic rings. The molecule has 0 fully saturated rings. The van der Waals surface area contributed by atoms with E-state index >= 15 is 0 Å². The third-order valence-corrected chi connectivity index (χ3v) is 2.12. The molecule has 2 rings (SSSR count). The second-order valence-corrected chi connectivity index (χ2v) is 3.42. The van der Waals surface area contributed by atoms with Crippen LogP contribution in [0.2, 0.25) is 0 Å². The summed E-state index contributed by atoms with van der Waals surface area (Å²) in [4.78, 5) is 6.99. The molecule has 2 N–H and O–H groups in total. The molecule has 5 heteroatoms. The van der Waals surface area contributed by atoms with Gasteiger partial charge in [0.25, 0.3) is 0 Å². The molecule has 0 amide bonds. The molecule has 0 radical (unpaired) electrons. The van der Waals surface area contributed by atoms with E-state index in [1.165, 1.54) is 0 Å². The fraction of sp³-hybridized carbons (Fsp3) is 0.400. The highest BCUT2D eigenvalue weighted by molar-refractivity contribution is 5.38. The summed E-state index contributed by atoms with van der Waals surface area (Å²) in [6.07, 6.45) is 8.44. The third-order valence-electron chi connectivity index (χ3n) is 2.12. The molecular weight excluding hydrogens is 190 g/mol. The Balaban J connectivity index is 1.88. The van der Waals surface area contributed by atoms with Crippen molar-refractivity contribution in [1.29, 1.82) is 0 Å². The summed E-state index contributed by atoms with van der Waals surface area (Å²) in [7, 11) is 0. The Morgan fingerprint density at radius 3 is 3.13 bits per heavy atom. The van der Waals surface area contributed by atoms with Crippen LogP contribution in [0.3, 0.4) is 0 Å². The number of aromatic amines is 1. The standard InChI is InChI=1S/C10H15N5/c1-2-3-15-7-10(6-14-15)12-5-9-4-11-8-13-9/h4,6-8,12H,2-3,5H2,1H3,(H,11,13). The Labute approximate surface area is 88.5 Å². The highest BCUT2D eigenvalue weighted by Crippen LogP contribution is 2.06. The molecule has 0 saturated heterocycles. The zero-order valence-corrected chi connectivity index (χ0v) is 8.77. The largest absolute Gasteiger partial charge is 0.377 e. The molecule has 2 aromatic heterocycles. The van der Waals surface area contributed by atoms with E-state index < -0.39 is 0 Å².